The molecule has 6 heteroatoms. The maximum Gasteiger partial charge on any atom is 0.251 e. The van der Waals surface area contributed by atoms with Crippen molar-refractivity contribution in [3.05, 3.63) is 95.1 Å². The van der Waals surface area contributed by atoms with Gasteiger partial charge in [-0.15, -0.1) is 0 Å². The van der Waals surface area contributed by atoms with Crippen LogP contribution in [0.1, 0.15) is 37.8 Å². The maximum absolute atomic E-state index is 14.3. The zero-order valence-corrected chi connectivity index (χ0v) is 18.3. The highest BCUT2D eigenvalue weighted by Gasteiger charge is 2.78. The van der Waals surface area contributed by atoms with Crippen molar-refractivity contribution in [2.75, 3.05) is 26.0 Å². The lowest BCUT2D eigenvalue weighted by Gasteiger charge is -2.42. The molecule has 0 saturated carbocycles. The van der Waals surface area contributed by atoms with Gasteiger partial charge in [-0.1, -0.05) is 54.6 Å². The molecule has 2 heterocycles. The lowest BCUT2D eigenvalue weighted by molar-refractivity contribution is -0.128. The molecular formula is C27H22N2O4. The zero-order valence-electron chi connectivity index (χ0n) is 18.3. The number of amides is 1. The number of hydrogen-bond donors (Lipinski definition) is 1. The molecule has 1 aliphatic carbocycles. The number of methoxy groups -OCH3 is 1. The largest absolute Gasteiger partial charge is 0.497 e. The highest BCUT2D eigenvalue weighted by atomic mass is 16.5. The van der Waals surface area contributed by atoms with Crippen LogP contribution >= 0.6 is 0 Å². The van der Waals surface area contributed by atoms with E-state index in [9.17, 15) is 14.4 Å². The molecule has 2 aliphatic heterocycles. The van der Waals surface area contributed by atoms with E-state index in [0.29, 0.717) is 34.7 Å². The van der Waals surface area contributed by atoms with Crippen molar-refractivity contribution in [2.24, 2.45) is 5.41 Å². The van der Waals surface area contributed by atoms with Crippen LogP contribution in [0.25, 0.3) is 0 Å². The van der Waals surface area contributed by atoms with Crippen LogP contribution in [-0.2, 0) is 10.3 Å². The number of hydrogen-bond acceptors (Lipinski definition) is 5. The first-order valence-corrected chi connectivity index (χ1v) is 10.9. The van der Waals surface area contributed by atoms with Gasteiger partial charge in [-0.05, 0) is 30.8 Å². The number of ketones is 2. The fraction of sp³-hybridized carbons (Fsp3) is 0.222. The average Bonchev–Trinajstić information content (AvgIpc) is 3.39. The molecule has 0 aromatic heterocycles. The van der Waals surface area contributed by atoms with E-state index in [2.05, 4.69) is 5.32 Å². The monoisotopic (exact) mass is 438 g/mol. The zero-order chi connectivity index (χ0) is 23.0. The van der Waals surface area contributed by atoms with Gasteiger partial charge >= 0.3 is 0 Å². The Morgan fingerprint density at radius 2 is 1.48 bits per heavy atom. The summed E-state index contributed by atoms with van der Waals surface area (Å²) in [6.45, 7) is 0.375. The van der Waals surface area contributed by atoms with Crippen LogP contribution in [0.15, 0.2) is 72.8 Å². The number of anilines is 1. The van der Waals surface area contributed by atoms with Gasteiger partial charge in [0, 0.05) is 34.8 Å². The second-order valence-corrected chi connectivity index (χ2v) is 8.93. The Hall–Kier alpha value is -3.77. The molecule has 0 bridgehead atoms. The number of carbonyl (C=O) groups is 3. The van der Waals surface area contributed by atoms with E-state index >= 15 is 0 Å². The lowest BCUT2D eigenvalue weighted by Crippen LogP contribution is -2.60. The summed E-state index contributed by atoms with van der Waals surface area (Å²) in [6.07, 6.45) is 0. The molecule has 1 N–H and O–H groups in total. The number of nitrogens with zero attached hydrogens (tertiary/aromatic N) is 1. The van der Waals surface area contributed by atoms with Crippen LogP contribution in [0, 0.1) is 5.41 Å². The molecule has 1 fully saturated rings. The summed E-state index contributed by atoms with van der Waals surface area (Å²) < 4.78 is 5.31. The van der Waals surface area contributed by atoms with Gasteiger partial charge in [0.25, 0.3) is 5.91 Å². The highest BCUT2D eigenvalue weighted by molar-refractivity contribution is 6.34. The minimum atomic E-state index is -1.61. The average molecular weight is 438 g/mol. The third-order valence-electron chi connectivity index (χ3n) is 7.67. The first-order chi connectivity index (χ1) is 16.0. The van der Waals surface area contributed by atoms with E-state index in [-0.39, 0.29) is 17.5 Å². The molecule has 0 radical (unpaired) electrons. The number of rotatable bonds is 2. The number of fused-ring (bicyclic) bond motifs is 4. The standard InChI is InChI=1S/C27H22N2O4/c1-29-15-21(16-11-13-17(33-2)14-12-16)26(23(30)18-7-3-4-8-19(18)24(26)31)27(29)20-9-5-6-10-22(20)28-25(27)32/h3-14,21H,15H2,1-2H3,(H,28,32)/t21-,27?/m0/s1. The molecule has 3 aromatic carbocycles. The molecule has 1 unspecified atom stereocenters. The third-order valence-corrected chi connectivity index (χ3v) is 7.67. The summed E-state index contributed by atoms with van der Waals surface area (Å²) in [5.74, 6) is -0.750. The molecular weight excluding hydrogens is 416 g/mol. The van der Waals surface area contributed by atoms with Crippen LogP contribution in [0.4, 0.5) is 5.69 Å². The van der Waals surface area contributed by atoms with Crippen LogP contribution in [0.2, 0.25) is 0 Å². The first-order valence-electron chi connectivity index (χ1n) is 10.9. The Bertz CT molecular complexity index is 1310. The second-order valence-electron chi connectivity index (χ2n) is 8.93. The van der Waals surface area contributed by atoms with Gasteiger partial charge in [-0.3, -0.25) is 19.3 Å². The summed E-state index contributed by atoms with van der Waals surface area (Å²) >= 11 is 0. The van der Waals surface area contributed by atoms with E-state index < -0.39 is 16.9 Å². The van der Waals surface area contributed by atoms with Crippen molar-refractivity contribution >= 4 is 23.2 Å². The maximum atomic E-state index is 14.3. The molecule has 33 heavy (non-hydrogen) atoms. The predicted octanol–water partition coefficient (Wildman–Crippen LogP) is 3.64. The fourth-order valence-corrected chi connectivity index (χ4v) is 6.36. The first kappa shape index (κ1) is 19.9. The molecule has 3 aromatic rings. The SMILES string of the molecule is COc1ccc([C@@H]2CN(C)C3(C(=O)Nc4ccccc43)C23C(=O)c2ccccc2C3=O)cc1. The fourth-order valence-electron chi connectivity index (χ4n) is 6.36. The molecule has 3 aliphatic rings. The molecule has 6 nitrogen and oxygen atoms in total. The lowest BCUT2D eigenvalue weighted by atomic mass is 9.58. The third kappa shape index (κ3) is 2.14. The Kier molecular flexibility index (Phi) is 3.99. The predicted molar refractivity (Wildman–Crippen MR) is 123 cm³/mol. The van der Waals surface area contributed by atoms with Gasteiger partial charge in [0.05, 0.1) is 7.11 Å². The Balaban J connectivity index is 1.69. The molecule has 2 atom stereocenters. The summed E-state index contributed by atoms with van der Waals surface area (Å²) in [5, 5.41) is 2.96. The summed E-state index contributed by atoms with van der Waals surface area (Å²) in [5.41, 5.74) is -0.159. The van der Waals surface area contributed by atoms with Crippen molar-refractivity contribution in [3.8, 4) is 5.75 Å². The van der Waals surface area contributed by atoms with Gasteiger partial charge < -0.3 is 10.1 Å². The van der Waals surface area contributed by atoms with Crippen molar-refractivity contribution in [1.82, 2.24) is 4.90 Å². The topological polar surface area (TPSA) is 75.7 Å². The van der Waals surface area contributed by atoms with Gasteiger partial charge in [0.15, 0.2) is 11.6 Å². The molecule has 1 amide bonds. The van der Waals surface area contributed by atoms with Crippen LogP contribution < -0.4 is 10.1 Å². The smallest absolute Gasteiger partial charge is 0.251 e. The van der Waals surface area contributed by atoms with Crippen LogP contribution in [0.3, 0.4) is 0 Å². The number of benzene rings is 3. The number of para-hydroxylation sites is 1. The Labute approximate surface area is 191 Å². The normalized spacial score (nSPS) is 24.9. The van der Waals surface area contributed by atoms with Gasteiger partial charge in [-0.25, -0.2) is 0 Å². The molecule has 2 spiro atoms. The van der Waals surface area contributed by atoms with Gasteiger partial charge in [-0.2, -0.15) is 0 Å². The van der Waals surface area contributed by atoms with Crippen molar-refractivity contribution in [1.29, 1.82) is 0 Å². The molecule has 6 rings (SSSR count). The summed E-state index contributed by atoms with van der Waals surface area (Å²) in [6, 6.07) is 21.7. The van der Waals surface area contributed by atoms with Gasteiger partial charge in [0.1, 0.15) is 16.7 Å². The van der Waals surface area contributed by atoms with E-state index in [0.717, 1.165) is 5.56 Å². The summed E-state index contributed by atoms with van der Waals surface area (Å²) in [4.78, 5) is 44.5. The minimum absolute atomic E-state index is 0.292. The Morgan fingerprint density at radius 3 is 2.12 bits per heavy atom. The van der Waals surface area contributed by atoms with E-state index in [1.54, 1.807) is 31.4 Å². The van der Waals surface area contributed by atoms with Crippen molar-refractivity contribution in [3.63, 3.8) is 0 Å². The van der Waals surface area contributed by atoms with E-state index in [1.165, 1.54) is 0 Å². The number of ether oxygens (including phenoxy) is 1. The number of likely N-dealkylation sites (N-methyl/N-ethyl adjacent to an activating group) is 1. The number of likely N-dealkylation sites (tertiary alicyclic amines) is 1. The van der Waals surface area contributed by atoms with Crippen LogP contribution in [-0.4, -0.2) is 43.1 Å². The summed E-state index contributed by atoms with van der Waals surface area (Å²) in [7, 11) is 3.42. The number of nitrogens with one attached hydrogen (secondary N) is 1. The second kappa shape index (κ2) is 6.62. The van der Waals surface area contributed by atoms with Crippen molar-refractivity contribution in [2.45, 2.75) is 11.5 Å². The molecule has 164 valence electrons. The van der Waals surface area contributed by atoms with E-state index in [1.807, 2.05) is 60.5 Å². The Morgan fingerprint density at radius 1 is 0.879 bits per heavy atom. The molecule has 1 saturated heterocycles. The minimum Gasteiger partial charge on any atom is -0.497 e. The quantitative estimate of drug-likeness (QED) is 0.619. The number of Topliss-reactive ketones (excluding diaryl/α,β-unsaturated/α-hetero) is 2. The highest BCUT2D eigenvalue weighted by Crippen LogP contribution is 2.66. The van der Waals surface area contributed by atoms with Crippen LogP contribution in [0.5, 0.6) is 5.75 Å². The van der Waals surface area contributed by atoms with E-state index in [4.69, 9.17) is 4.74 Å². The number of carbonyl (C=O) groups excluding carboxylic acids is 3. The van der Waals surface area contributed by atoms with Crippen molar-refractivity contribution < 1.29 is 19.1 Å². The van der Waals surface area contributed by atoms with Gasteiger partial charge in [0.2, 0.25) is 0 Å².